The summed E-state index contributed by atoms with van der Waals surface area (Å²) in [6, 6.07) is 1.70. The summed E-state index contributed by atoms with van der Waals surface area (Å²) in [5, 5.41) is 0.233. The molecule has 0 aromatic heterocycles. The quantitative estimate of drug-likeness (QED) is 0.774. The van der Waals surface area contributed by atoms with Crippen molar-refractivity contribution in [3.63, 3.8) is 0 Å². The fourth-order valence-electron chi connectivity index (χ4n) is 1.66. The van der Waals surface area contributed by atoms with E-state index in [0.29, 0.717) is 29.5 Å². The minimum Gasteiger partial charge on any atom is -0.494 e. The van der Waals surface area contributed by atoms with E-state index in [0.717, 1.165) is 4.90 Å². The number of methoxy groups -OCH3 is 1. The van der Waals surface area contributed by atoms with Gasteiger partial charge in [0.05, 0.1) is 28.8 Å². The van der Waals surface area contributed by atoms with Gasteiger partial charge in [-0.05, 0) is 14.1 Å². The molecule has 0 bridgehead atoms. The number of hydrogen-bond acceptors (Lipinski definition) is 6. The predicted molar refractivity (Wildman–Crippen MR) is 70.6 cm³/mol. The van der Waals surface area contributed by atoms with Crippen LogP contribution in [0.25, 0.3) is 0 Å². The summed E-state index contributed by atoms with van der Waals surface area (Å²) in [6.45, 7) is 0.598. The zero-order valence-corrected chi connectivity index (χ0v) is 11.0. The Labute approximate surface area is 105 Å². The van der Waals surface area contributed by atoms with Crippen LogP contribution in [0, 0.1) is 0 Å². The Balaban J connectivity index is 2.44. The lowest BCUT2D eigenvalue weighted by atomic mass is 10.2. The fraction of sp³-hybridized carbons (Fsp3) is 0.455. The van der Waals surface area contributed by atoms with Gasteiger partial charge >= 0.3 is 0 Å². The second kappa shape index (κ2) is 4.54. The molecule has 0 fully saturated rings. The highest BCUT2D eigenvalue weighted by Crippen LogP contribution is 2.48. The van der Waals surface area contributed by atoms with Crippen molar-refractivity contribution >= 4 is 23.1 Å². The number of hydrogen-bond donors (Lipinski definition) is 2. The van der Waals surface area contributed by atoms with Crippen LogP contribution >= 0.6 is 11.8 Å². The standard InChI is InChI=1S/C11H17N3O2S/c1-14(2)8-5-16-10-6(12)4-7(15-3)9(13)11(10)17-8/h4,8H,5,12-13H2,1-3H3. The van der Waals surface area contributed by atoms with Crippen LogP contribution in [0.2, 0.25) is 0 Å². The van der Waals surface area contributed by atoms with E-state index in [2.05, 4.69) is 4.90 Å². The molecule has 94 valence electrons. The van der Waals surface area contributed by atoms with Gasteiger partial charge in [0.25, 0.3) is 0 Å². The van der Waals surface area contributed by atoms with E-state index in [-0.39, 0.29) is 5.37 Å². The number of nitrogens with zero attached hydrogens (tertiary/aromatic N) is 1. The first-order valence-corrected chi connectivity index (χ1v) is 6.14. The number of nitrogen functional groups attached to an aromatic ring is 2. The number of nitrogens with two attached hydrogens (primary N) is 2. The molecule has 0 spiro atoms. The van der Waals surface area contributed by atoms with Crippen LogP contribution in [0.1, 0.15) is 0 Å². The highest BCUT2D eigenvalue weighted by atomic mass is 32.2. The van der Waals surface area contributed by atoms with E-state index in [1.807, 2.05) is 14.1 Å². The number of fused-ring (bicyclic) bond motifs is 1. The normalized spacial score (nSPS) is 18.7. The van der Waals surface area contributed by atoms with Crippen molar-refractivity contribution in [3.05, 3.63) is 6.07 Å². The van der Waals surface area contributed by atoms with Crippen LogP contribution in [-0.4, -0.2) is 38.1 Å². The van der Waals surface area contributed by atoms with Crippen molar-refractivity contribution in [1.29, 1.82) is 0 Å². The maximum Gasteiger partial charge on any atom is 0.158 e. The highest BCUT2D eigenvalue weighted by Gasteiger charge is 2.27. The summed E-state index contributed by atoms with van der Waals surface area (Å²) in [5.41, 5.74) is 13.1. The van der Waals surface area contributed by atoms with Crippen molar-refractivity contribution in [2.45, 2.75) is 10.3 Å². The first-order chi connectivity index (χ1) is 8.04. The number of likely N-dealkylation sites (N-methyl/N-ethyl adjacent to an activating group) is 1. The molecular formula is C11H17N3O2S. The molecule has 2 rings (SSSR count). The van der Waals surface area contributed by atoms with Gasteiger partial charge in [0.2, 0.25) is 0 Å². The molecule has 1 unspecified atom stereocenters. The first kappa shape index (κ1) is 12.2. The molecule has 1 aromatic carbocycles. The Morgan fingerprint density at radius 3 is 2.76 bits per heavy atom. The molecule has 1 aliphatic rings. The molecule has 17 heavy (non-hydrogen) atoms. The van der Waals surface area contributed by atoms with E-state index in [9.17, 15) is 0 Å². The second-order valence-electron chi connectivity index (χ2n) is 4.09. The van der Waals surface area contributed by atoms with Crippen molar-refractivity contribution in [2.24, 2.45) is 0 Å². The molecule has 5 nitrogen and oxygen atoms in total. The average Bonchev–Trinajstić information content (AvgIpc) is 2.33. The SMILES string of the molecule is COc1cc(N)c2c(c1N)SC(N(C)C)CO2. The van der Waals surface area contributed by atoms with Crippen LogP contribution in [0.15, 0.2) is 11.0 Å². The number of ether oxygens (including phenoxy) is 2. The highest BCUT2D eigenvalue weighted by molar-refractivity contribution is 8.00. The third-order valence-electron chi connectivity index (χ3n) is 2.69. The number of rotatable bonds is 2. The van der Waals surface area contributed by atoms with Crippen LogP contribution in [0.4, 0.5) is 11.4 Å². The summed E-state index contributed by atoms with van der Waals surface area (Å²) < 4.78 is 10.9. The molecule has 0 radical (unpaired) electrons. The summed E-state index contributed by atoms with van der Waals surface area (Å²) in [6.07, 6.45) is 0. The zero-order valence-electron chi connectivity index (χ0n) is 10.2. The van der Waals surface area contributed by atoms with Gasteiger partial charge in [0, 0.05) is 6.07 Å². The van der Waals surface area contributed by atoms with Crippen molar-refractivity contribution < 1.29 is 9.47 Å². The minimum absolute atomic E-state index is 0.233. The summed E-state index contributed by atoms with van der Waals surface area (Å²) in [5.74, 6) is 1.27. The second-order valence-corrected chi connectivity index (χ2v) is 5.28. The predicted octanol–water partition coefficient (Wildman–Crippen LogP) is 1.23. The lowest BCUT2D eigenvalue weighted by molar-refractivity contribution is 0.230. The zero-order chi connectivity index (χ0) is 12.6. The molecule has 1 heterocycles. The molecule has 0 amide bonds. The van der Waals surface area contributed by atoms with Gasteiger partial charge in [-0.2, -0.15) is 0 Å². The van der Waals surface area contributed by atoms with Gasteiger partial charge in [0.1, 0.15) is 12.4 Å². The molecule has 0 saturated carbocycles. The fourth-order valence-corrected chi connectivity index (χ4v) is 2.79. The third kappa shape index (κ3) is 2.10. The summed E-state index contributed by atoms with van der Waals surface area (Å²) in [4.78, 5) is 2.95. The Morgan fingerprint density at radius 1 is 1.47 bits per heavy atom. The van der Waals surface area contributed by atoms with Crippen molar-refractivity contribution in [1.82, 2.24) is 4.90 Å². The number of thioether (sulfide) groups is 1. The number of anilines is 2. The molecule has 1 aliphatic heterocycles. The Bertz CT molecular complexity index is 437. The van der Waals surface area contributed by atoms with Gasteiger partial charge < -0.3 is 20.9 Å². The molecule has 0 aliphatic carbocycles. The Morgan fingerprint density at radius 2 is 2.18 bits per heavy atom. The summed E-state index contributed by atoms with van der Waals surface area (Å²) >= 11 is 1.65. The van der Waals surface area contributed by atoms with Gasteiger partial charge in [0.15, 0.2) is 5.75 Å². The van der Waals surface area contributed by atoms with Crippen LogP contribution < -0.4 is 20.9 Å². The molecule has 6 heteroatoms. The average molecular weight is 255 g/mol. The third-order valence-corrected chi connectivity index (χ3v) is 4.16. The lowest BCUT2D eigenvalue weighted by Gasteiger charge is -2.31. The maximum absolute atomic E-state index is 6.05. The van der Waals surface area contributed by atoms with Gasteiger partial charge in [-0.1, -0.05) is 11.8 Å². The minimum atomic E-state index is 0.233. The van der Waals surface area contributed by atoms with E-state index < -0.39 is 0 Å². The van der Waals surface area contributed by atoms with Gasteiger partial charge in [-0.25, -0.2) is 0 Å². The van der Waals surface area contributed by atoms with Crippen LogP contribution in [-0.2, 0) is 0 Å². The Hall–Kier alpha value is -1.27. The first-order valence-electron chi connectivity index (χ1n) is 5.26. The van der Waals surface area contributed by atoms with Gasteiger partial charge in [-0.15, -0.1) is 0 Å². The topological polar surface area (TPSA) is 73.7 Å². The Kier molecular flexibility index (Phi) is 3.26. The van der Waals surface area contributed by atoms with Gasteiger partial charge in [-0.3, -0.25) is 4.90 Å². The largest absolute Gasteiger partial charge is 0.494 e. The molecular weight excluding hydrogens is 238 g/mol. The molecule has 0 saturated heterocycles. The molecule has 1 atom stereocenters. The van der Waals surface area contributed by atoms with E-state index >= 15 is 0 Å². The van der Waals surface area contributed by atoms with Crippen LogP contribution in [0.5, 0.6) is 11.5 Å². The lowest BCUT2D eigenvalue weighted by Crippen LogP contribution is -2.33. The van der Waals surface area contributed by atoms with Crippen molar-refractivity contribution in [2.75, 3.05) is 39.3 Å². The number of benzene rings is 1. The smallest absolute Gasteiger partial charge is 0.158 e. The van der Waals surface area contributed by atoms with E-state index in [4.69, 9.17) is 20.9 Å². The summed E-state index contributed by atoms with van der Waals surface area (Å²) in [7, 11) is 5.59. The van der Waals surface area contributed by atoms with Crippen LogP contribution in [0.3, 0.4) is 0 Å². The van der Waals surface area contributed by atoms with Crippen molar-refractivity contribution in [3.8, 4) is 11.5 Å². The molecule has 1 aromatic rings. The maximum atomic E-state index is 6.05. The van der Waals surface area contributed by atoms with E-state index in [1.165, 1.54) is 0 Å². The molecule has 4 N–H and O–H groups in total. The monoisotopic (exact) mass is 255 g/mol. The van der Waals surface area contributed by atoms with E-state index in [1.54, 1.807) is 24.9 Å².